The van der Waals surface area contributed by atoms with Gasteiger partial charge in [-0.3, -0.25) is 4.99 Å². The van der Waals surface area contributed by atoms with Gasteiger partial charge in [0.1, 0.15) is 21.4 Å². The molecule has 7 heteroatoms. The first kappa shape index (κ1) is 18.8. The zero-order valence-corrected chi connectivity index (χ0v) is 15.3. The Morgan fingerprint density at radius 3 is 2.84 bits per heavy atom. The molecule has 2 N–H and O–H groups in total. The Kier molecular flexibility index (Phi) is 6.03. The van der Waals surface area contributed by atoms with Crippen LogP contribution in [0.4, 0.5) is 0 Å². The van der Waals surface area contributed by atoms with Gasteiger partial charge in [0.15, 0.2) is 0 Å². The lowest BCUT2D eigenvalue weighted by Gasteiger charge is -2.09. The average molecular weight is 361 g/mol. The van der Waals surface area contributed by atoms with E-state index in [2.05, 4.69) is 11.6 Å². The van der Waals surface area contributed by atoms with Crippen LogP contribution in [0.15, 0.2) is 53.8 Å². The number of rotatable bonds is 8. The molecule has 0 aliphatic heterocycles. The van der Waals surface area contributed by atoms with Crippen LogP contribution in [0, 0.1) is 0 Å². The quantitative estimate of drug-likeness (QED) is 0.578. The number of nitrogens with two attached hydrogens (primary N) is 1. The maximum Gasteiger partial charge on any atom is 0.147 e. The summed E-state index contributed by atoms with van der Waals surface area (Å²) in [5.74, 6) is 1.34. The van der Waals surface area contributed by atoms with Crippen LogP contribution in [0.2, 0.25) is 0 Å². The molecule has 0 saturated carbocycles. The second kappa shape index (κ2) is 8.02. The van der Waals surface area contributed by atoms with Gasteiger partial charge in [-0.05, 0) is 37.6 Å². The number of ether oxygens (including phenoxy) is 1. The second-order valence-electron chi connectivity index (χ2n) is 5.81. The van der Waals surface area contributed by atoms with E-state index in [9.17, 15) is 8.42 Å². The van der Waals surface area contributed by atoms with Gasteiger partial charge in [-0.1, -0.05) is 12.6 Å². The lowest BCUT2D eigenvalue weighted by atomic mass is 10.2. The molecule has 0 aliphatic carbocycles. The molecule has 2 rings (SSSR count). The van der Waals surface area contributed by atoms with Gasteiger partial charge in [-0.15, -0.1) is 0 Å². The van der Waals surface area contributed by atoms with E-state index in [1.54, 1.807) is 19.2 Å². The fourth-order valence-corrected chi connectivity index (χ4v) is 2.96. The lowest BCUT2D eigenvalue weighted by Crippen LogP contribution is -2.08. The van der Waals surface area contributed by atoms with E-state index >= 15 is 0 Å². The molecule has 0 aliphatic rings. The van der Waals surface area contributed by atoms with E-state index in [4.69, 9.17) is 10.5 Å². The largest absolute Gasteiger partial charge is 0.493 e. The number of nitrogens with zero attached hydrogens (tertiary/aromatic N) is 2. The minimum Gasteiger partial charge on any atom is -0.493 e. The van der Waals surface area contributed by atoms with Crippen LogP contribution in [0.25, 0.3) is 16.7 Å². The molecular formula is C18H23N3O3S. The van der Waals surface area contributed by atoms with Gasteiger partial charge in [0.05, 0.1) is 17.9 Å². The van der Waals surface area contributed by atoms with Crippen LogP contribution in [-0.4, -0.2) is 37.8 Å². The van der Waals surface area contributed by atoms with Gasteiger partial charge in [-0.25, -0.2) is 8.42 Å². The molecule has 0 atom stereocenters. The molecule has 0 unspecified atom stereocenters. The van der Waals surface area contributed by atoms with Gasteiger partial charge >= 0.3 is 0 Å². The van der Waals surface area contributed by atoms with Crippen molar-refractivity contribution in [2.24, 2.45) is 10.7 Å². The van der Waals surface area contributed by atoms with E-state index < -0.39 is 9.84 Å². The highest BCUT2D eigenvalue weighted by Crippen LogP contribution is 2.27. The normalized spacial score (nSPS) is 12.8. The van der Waals surface area contributed by atoms with E-state index in [0.29, 0.717) is 30.3 Å². The molecule has 2 aromatic rings. The van der Waals surface area contributed by atoms with Crippen molar-refractivity contribution >= 4 is 32.8 Å². The molecule has 1 aromatic heterocycles. The summed E-state index contributed by atoms with van der Waals surface area (Å²) in [6.45, 7) is 5.84. The fourth-order valence-electron chi connectivity index (χ4n) is 2.31. The number of allylic oxidation sites excluding steroid dienone is 2. The van der Waals surface area contributed by atoms with Gasteiger partial charge < -0.3 is 15.0 Å². The molecule has 0 saturated heterocycles. The van der Waals surface area contributed by atoms with Crippen molar-refractivity contribution in [3.63, 3.8) is 0 Å². The molecule has 0 fully saturated rings. The molecule has 0 radical (unpaired) electrons. The molecule has 0 amide bonds. The van der Waals surface area contributed by atoms with Crippen molar-refractivity contribution in [1.82, 2.24) is 4.57 Å². The number of fused-ring (bicyclic) bond motifs is 1. The number of hydrogen-bond donors (Lipinski definition) is 1. The van der Waals surface area contributed by atoms with Crippen molar-refractivity contribution in [3.8, 4) is 5.75 Å². The minimum absolute atomic E-state index is 0.113. The van der Waals surface area contributed by atoms with Crippen LogP contribution in [-0.2, 0) is 9.84 Å². The number of aliphatic imine (C=N–C) groups is 1. The van der Waals surface area contributed by atoms with Gasteiger partial charge in [0.2, 0.25) is 0 Å². The summed E-state index contributed by atoms with van der Waals surface area (Å²) in [4.78, 5) is 4.08. The summed E-state index contributed by atoms with van der Waals surface area (Å²) >= 11 is 0. The standard InChI is InChI=1S/C18H23N3O3S/c1-14(2)20-10-8-18(19)21-11-9-15-16(21)6-4-7-17(15)24-12-5-13-25(3,22)23/h4,6-11H,1,5,12-13,19H2,2-3H3/b18-8+,20-10?. The van der Waals surface area contributed by atoms with Crippen LogP contribution < -0.4 is 10.5 Å². The van der Waals surface area contributed by atoms with Crippen LogP contribution >= 0.6 is 0 Å². The first-order valence-electron chi connectivity index (χ1n) is 7.84. The van der Waals surface area contributed by atoms with Gasteiger partial charge in [-0.2, -0.15) is 0 Å². The fraction of sp³-hybridized carbons (Fsp3) is 0.278. The molecule has 0 bridgehead atoms. The van der Waals surface area contributed by atoms with Crippen molar-refractivity contribution < 1.29 is 13.2 Å². The Hall–Kier alpha value is -2.54. The van der Waals surface area contributed by atoms with Crippen molar-refractivity contribution in [2.75, 3.05) is 18.6 Å². The summed E-state index contributed by atoms with van der Waals surface area (Å²) in [7, 11) is -2.97. The van der Waals surface area contributed by atoms with E-state index in [1.807, 2.05) is 35.0 Å². The monoisotopic (exact) mass is 361 g/mol. The third-order valence-electron chi connectivity index (χ3n) is 3.43. The average Bonchev–Trinajstić information content (AvgIpc) is 2.95. The van der Waals surface area contributed by atoms with E-state index in [1.165, 1.54) is 6.26 Å². The predicted molar refractivity (Wildman–Crippen MR) is 104 cm³/mol. The first-order chi connectivity index (χ1) is 11.8. The Morgan fingerprint density at radius 1 is 1.40 bits per heavy atom. The highest BCUT2D eigenvalue weighted by atomic mass is 32.2. The van der Waals surface area contributed by atoms with Crippen molar-refractivity contribution in [2.45, 2.75) is 13.3 Å². The summed E-state index contributed by atoms with van der Waals surface area (Å²) in [5, 5.41) is 0.912. The smallest absolute Gasteiger partial charge is 0.147 e. The zero-order chi connectivity index (χ0) is 18.4. The molecule has 6 nitrogen and oxygen atoms in total. The molecule has 134 valence electrons. The number of benzene rings is 1. The van der Waals surface area contributed by atoms with Gasteiger partial charge in [0.25, 0.3) is 0 Å². The summed E-state index contributed by atoms with van der Waals surface area (Å²) in [6.07, 6.45) is 6.84. The molecular weight excluding hydrogens is 338 g/mol. The molecule has 1 aromatic carbocycles. The number of sulfone groups is 1. The van der Waals surface area contributed by atoms with Crippen molar-refractivity contribution in [3.05, 3.63) is 48.8 Å². The second-order valence-corrected chi connectivity index (χ2v) is 8.07. The minimum atomic E-state index is -2.97. The third kappa shape index (κ3) is 5.49. The number of aromatic nitrogens is 1. The topological polar surface area (TPSA) is 86.7 Å². The maximum atomic E-state index is 11.2. The Labute approximate surface area is 148 Å². The third-order valence-corrected chi connectivity index (χ3v) is 4.46. The Morgan fingerprint density at radius 2 is 2.16 bits per heavy atom. The Bertz CT molecular complexity index is 924. The zero-order valence-electron chi connectivity index (χ0n) is 14.5. The van der Waals surface area contributed by atoms with Crippen molar-refractivity contribution in [1.29, 1.82) is 0 Å². The van der Waals surface area contributed by atoms with E-state index in [-0.39, 0.29) is 5.75 Å². The molecule has 0 spiro atoms. The van der Waals surface area contributed by atoms with Gasteiger partial charge in [0, 0.05) is 29.8 Å². The maximum absolute atomic E-state index is 11.2. The highest BCUT2D eigenvalue weighted by molar-refractivity contribution is 7.90. The Balaban J connectivity index is 2.17. The molecule has 25 heavy (non-hydrogen) atoms. The summed E-state index contributed by atoms with van der Waals surface area (Å²) in [6, 6.07) is 7.59. The van der Waals surface area contributed by atoms with Crippen LogP contribution in [0.5, 0.6) is 5.75 Å². The number of hydrogen-bond acceptors (Lipinski definition) is 5. The summed E-state index contributed by atoms with van der Waals surface area (Å²) in [5.41, 5.74) is 7.71. The van der Waals surface area contributed by atoms with E-state index in [0.717, 1.165) is 10.9 Å². The highest BCUT2D eigenvalue weighted by Gasteiger charge is 2.08. The SMILES string of the molecule is C=C(C)N=C/C=C(\N)n1ccc2c(OCCCS(C)(=O)=O)cccc21. The predicted octanol–water partition coefficient (Wildman–Crippen LogP) is 2.82. The van der Waals surface area contributed by atoms with Crippen LogP contribution in [0.1, 0.15) is 13.3 Å². The summed E-state index contributed by atoms with van der Waals surface area (Å²) < 4.78 is 29.9. The lowest BCUT2D eigenvalue weighted by molar-refractivity contribution is 0.321. The van der Waals surface area contributed by atoms with Crippen LogP contribution in [0.3, 0.4) is 0 Å². The molecule has 1 heterocycles. The first-order valence-corrected chi connectivity index (χ1v) is 9.90.